The summed E-state index contributed by atoms with van der Waals surface area (Å²) in [5.74, 6) is 0.0543. The van der Waals surface area contributed by atoms with E-state index >= 15 is 0 Å². The molecule has 2 rings (SSSR count). The molecule has 1 N–H and O–H groups in total. The number of carbonyl (C=O) groups is 2. The van der Waals surface area contributed by atoms with Gasteiger partial charge in [-0.2, -0.15) is 0 Å². The minimum absolute atomic E-state index is 0.0942. The molecule has 0 aliphatic heterocycles. The standard InChI is InChI=1S/C18H19ClN2O3/c1-12(24-16-7-5-4-6-15(16)19)17(22)20-14-10-8-13(9-11-14)18(23)21(2)3/h4-12H,1-3H3,(H,20,22). The van der Waals surface area contributed by atoms with Crippen molar-refractivity contribution < 1.29 is 14.3 Å². The highest BCUT2D eigenvalue weighted by atomic mass is 35.5. The van der Waals surface area contributed by atoms with Crippen LogP contribution in [0, 0.1) is 0 Å². The summed E-state index contributed by atoms with van der Waals surface area (Å²) < 4.78 is 5.57. The topological polar surface area (TPSA) is 58.6 Å². The van der Waals surface area contributed by atoms with Crippen LogP contribution in [0.25, 0.3) is 0 Å². The van der Waals surface area contributed by atoms with Gasteiger partial charge in [-0.3, -0.25) is 9.59 Å². The van der Waals surface area contributed by atoms with E-state index in [0.29, 0.717) is 22.0 Å². The van der Waals surface area contributed by atoms with Crippen molar-refractivity contribution in [3.63, 3.8) is 0 Å². The van der Waals surface area contributed by atoms with Gasteiger partial charge in [-0.25, -0.2) is 0 Å². The van der Waals surface area contributed by atoms with E-state index in [1.54, 1.807) is 69.6 Å². The van der Waals surface area contributed by atoms with Crippen LogP contribution in [0.4, 0.5) is 5.69 Å². The smallest absolute Gasteiger partial charge is 0.265 e. The number of ether oxygens (including phenoxy) is 1. The number of amides is 2. The number of carbonyl (C=O) groups excluding carboxylic acids is 2. The molecule has 0 aromatic heterocycles. The van der Waals surface area contributed by atoms with Gasteiger partial charge in [-0.1, -0.05) is 23.7 Å². The zero-order valence-electron chi connectivity index (χ0n) is 13.7. The van der Waals surface area contributed by atoms with Crippen molar-refractivity contribution in [3.8, 4) is 5.75 Å². The molecule has 6 heteroatoms. The van der Waals surface area contributed by atoms with Crippen molar-refractivity contribution in [2.45, 2.75) is 13.0 Å². The Morgan fingerprint density at radius 2 is 1.71 bits per heavy atom. The molecule has 0 aliphatic carbocycles. The van der Waals surface area contributed by atoms with Gasteiger partial charge in [-0.05, 0) is 43.3 Å². The van der Waals surface area contributed by atoms with Crippen LogP contribution in [0.5, 0.6) is 5.75 Å². The summed E-state index contributed by atoms with van der Waals surface area (Å²) in [6.45, 7) is 1.64. The van der Waals surface area contributed by atoms with Crippen molar-refractivity contribution in [1.29, 1.82) is 0 Å². The molecule has 0 saturated heterocycles. The first-order valence-corrected chi connectivity index (χ1v) is 7.80. The largest absolute Gasteiger partial charge is 0.479 e. The van der Waals surface area contributed by atoms with E-state index in [1.807, 2.05) is 0 Å². The highest BCUT2D eigenvalue weighted by Gasteiger charge is 2.16. The molecule has 0 spiro atoms. The number of hydrogen-bond donors (Lipinski definition) is 1. The molecular weight excluding hydrogens is 328 g/mol. The second-order valence-corrected chi connectivity index (χ2v) is 5.86. The average Bonchev–Trinajstić information content (AvgIpc) is 2.56. The fraction of sp³-hybridized carbons (Fsp3) is 0.222. The second-order valence-electron chi connectivity index (χ2n) is 5.46. The zero-order chi connectivity index (χ0) is 17.7. The Morgan fingerprint density at radius 3 is 2.29 bits per heavy atom. The first kappa shape index (κ1) is 17.8. The summed E-state index contributed by atoms with van der Waals surface area (Å²) in [6, 6.07) is 13.7. The summed E-state index contributed by atoms with van der Waals surface area (Å²) in [4.78, 5) is 25.5. The third-order valence-corrected chi connectivity index (χ3v) is 3.63. The molecule has 1 unspecified atom stereocenters. The number of nitrogens with zero attached hydrogens (tertiary/aromatic N) is 1. The lowest BCUT2D eigenvalue weighted by Gasteiger charge is -2.16. The Bertz CT molecular complexity index is 729. The Hall–Kier alpha value is -2.53. The van der Waals surface area contributed by atoms with Gasteiger partial charge >= 0.3 is 0 Å². The van der Waals surface area contributed by atoms with Crippen LogP contribution < -0.4 is 10.1 Å². The molecule has 0 heterocycles. The normalized spacial score (nSPS) is 11.5. The van der Waals surface area contributed by atoms with E-state index in [9.17, 15) is 9.59 Å². The molecule has 1 atom stereocenters. The summed E-state index contributed by atoms with van der Waals surface area (Å²) in [5, 5.41) is 3.19. The van der Waals surface area contributed by atoms with Crippen LogP contribution in [0.3, 0.4) is 0 Å². The molecule has 2 amide bonds. The molecule has 2 aromatic rings. The lowest BCUT2D eigenvalue weighted by atomic mass is 10.2. The number of anilines is 1. The molecular formula is C18H19ClN2O3. The van der Waals surface area contributed by atoms with Gasteiger partial charge < -0.3 is 15.0 Å². The Kier molecular flexibility index (Phi) is 5.82. The van der Waals surface area contributed by atoms with Gasteiger partial charge in [0.2, 0.25) is 0 Å². The van der Waals surface area contributed by atoms with Crippen LogP contribution in [-0.2, 0) is 4.79 Å². The molecule has 0 fully saturated rings. The highest BCUT2D eigenvalue weighted by molar-refractivity contribution is 6.32. The van der Waals surface area contributed by atoms with Crippen LogP contribution >= 0.6 is 11.6 Å². The predicted molar refractivity (Wildman–Crippen MR) is 94.6 cm³/mol. The molecule has 126 valence electrons. The molecule has 5 nitrogen and oxygen atoms in total. The van der Waals surface area contributed by atoms with E-state index < -0.39 is 6.10 Å². The number of benzene rings is 2. The summed E-state index contributed by atoms with van der Waals surface area (Å²) in [5.41, 5.74) is 1.14. The summed E-state index contributed by atoms with van der Waals surface area (Å²) >= 11 is 6.01. The molecule has 0 bridgehead atoms. The maximum Gasteiger partial charge on any atom is 0.265 e. The van der Waals surface area contributed by atoms with Crippen molar-refractivity contribution in [2.24, 2.45) is 0 Å². The van der Waals surface area contributed by atoms with Crippen molar-refractivity contribution in [2.75, 3.05) is 19.4 Å². The maximum absolute atomic E-state index is 12.2. The van der Waals surface area contributed by atoms with E-state index in [-0.39, 0.29) is 11.8 Å². The van der Waals surface area contributed by atoms with Gasteiger partial charge in [0.05, 0.1) is 5.02 Å². The third-order valence-electron chi connectivity index (χ3n) is 3.32. The number of nitrogens with one attached hydrogen (secondary N) is 1. The van der Waals surface area contributed by atoms with Gasteiger partial charge in [0.1, 0.15) is 5.75 Å². The van der Waals surface area contributed by atoms with Crippen LogP contribution in [-0.4, -0.2) is 36.9 Å². The maximum atomic E-state index is 12.2. The monoisotopic (exact) mass is 346 g/mol. The Balaban J connectivity index is 1.99. The SMILES string of the molecule is CC(Oc1ccccc1Cl)C(=O)Nc1ccc(C(=O)N(C)C)cc1. The van der Waals surface area contributed by atoms with E-state index in [1.165, 1.54) is 4.90 Å². The van der Waals surface area contributed by atoms with E-state index in [2.05, 4.69) is 5.32 Å². The summed E-state index contributed by atoms with van der Waals surface area (Å²) in [6.07, 6.45) is -0.715. The van der Waals surface area contributed by atoms with Crippen molar-refractivity contribution in [1.82, 2.24) is 4.90 Å². The molecule has 2 aromatic carbocycles. The quantitative estimate of drug-likeness (QED) is 0.902. The molecule has 0 aliphatic rings. The first-order valence-electron chi connectivity index (χ1n) is 7.42. The second kappa shape index (κ2) is 7.84. The average molecular weight is 347 g/mol. The fourth-order valence-corrected chi connectivity index (χ4v) is 2.16. The number of para-hydroxylation sites is 1. The van der Waals surface area contributed by atoms with E-state index in [4.69, 9.17) is 16.3 Å². The molecule has 24 heavy (non-hydrogen) atoms. The fourth-order valence-electron chi connectivity index (χ4n) is 1.98. The van der Waals surface area contributed by atoms with E-state index in [0.717, 1.165) is 0 Å². The minimum Gasteiger partial charge on any atom is -0.479 e. The lowest BCUT2D eigenvalue weighted by molar-refractivity contribution is -0.122. The van der Waals surface area contributed by atoms with Gasteiger partial charge in [0.15, 0.2) is 6.10 Å². The minimum atomic E-state index is -0.715. The van der Waals surface area contributed by atoms with Crippen LogP contribution in [0.15, 0.2) is 48.5 Å². The lowest BCUT2D eigenvalue weighted by Crippen LogP contribution is -2.30. The van der Waals surface area contributed by atoms with Gasteiger partial charge in [0, 0.05) is 25.3 Å². The molecule has 0 saturated carbocycles. The Labute approximate surface area is 146 Å². The van der Waals surface area contributed by atoms with Crippen LogP contribution in [0.2, 0.25) is 5.02 Å². The van der Waals surface area contributed by atoms with Gasteiger partial charge in [-0.15, -0.1) is 0 Å². The first-order chi connectivity index (χ1) is 11.4. The summed E-state index contributed by atoms with van der Waals surface area (Å²) in [7, 11) is 3.37. The van der Waals surface area contributed by atoms with Crippen molar-refractivity contribution in [3.05, 3.63) is 59.1 Å². The zero-order valence-corrected chi connectivity index (χ0v) is 14.5. The number of hydrogen-bond acceptors (Lipinski definition) is 3. The molecule has 0 radical (unpaired) electrons. The number of halogens is 1. The predicted octanol–water partition coefficient (Wildman–Crippen LogP) is 3.45. The number of rotatable bonds is 5. The van der Waals surface area contributed by atoms with Crippen molar-refractivity contribution >= 4 is 29.1 Å². The highest BCUT2D eigenvalue weighted by Crippen LogP contribution is 2.24. The van der Waals surface area contributed by atoms with Crippen LogP contribution in [0.1, 0.15) is 17.3 Å². The third kappa shape index (κ3) is 4.49. The van der Waals surface area contributed by atoms with Gasteiger partial charge in [0.25, 0.3) is 11.8 Å². The Morgan fingerprint density at radius 1 is 1.08 bits per heavy atom.